The molecule has 0 atom stereocenters. The van der Waals surface area contributed by atoms with Crippen LogP contribution in [0.4, 0.5) is 0 Å². The summed E-state index contributed by atoms with van der Waals surface area (Å²) in [5, 5.41) is 0. The smallest absolute Gasteiger partial charge is 0.187 e. The van der Waals surface area contributed by atoms with E-state index in [1.165, 1.54) is 19.7 Å². The van der Waals surface area contributed by atoms with E-state index < -0.39 is 0 Å². The third kappa shape index (κ3) is 6.74. The third-order valence-electron chi connectivity index (χ3n) is 0.185. The molecule has 0 aromatic rings. The summed E-state index contributed by atoms with van der Waals surface area (Å²) in [6.07, 6.45) is 0. The van der Waals surface area contributed by atoms with E-state index in [1.54, 1.807) is 0 Å². The van der Waals surface area contributed by atoms with Crippen LogP contribution in [-0.2, 0) is 9.59 Å². The van der Waals surface area contributed by atoms with Crippen molar-refractivity contribution in [3.05, 3.63) is 0 Å². The number of hydrogen-bond acceptors (Lipinski definition) is 6. The van der Waals surface area contributed by atoms with Crippen LogP contribution in [0.1, 0.15) is 0 Å². The van der Waals surface area contributed by atoms with E-state index in [0.717, 1.165) is 32.8 Å². The molecule has 0 N–H and O–H groups in total. The molecule has 0 aliphatic carbocycles. The minimum atomic E-state index is 0.725. The Morgan fingerprint density at radius 2 is 1.25 bits per heavy atom. The second kappa shape index (κ2) is 7.74. The van der Waals surface area contributed by atoms with Gasteiger partial charge in [-0.05, 0) is 41.2 Å². The van der Waals surface area contributed by atoms with E-state index in [2.05, 4.69) is 0 Å². The van der Waals surface area contributed by atoms with Crippen LogP contribution in [0.2, 0.25) is 0 Å². The summed E-state index contributed by atoms with van der Waals surface area (Å²) in [6.45, 7) is 0. The molecule has 0 aromatic carbocycles. The summed E-state index contributed by atoms with van der Waals surface area (Å²) in [6, 6.07) is 0. The fraction of sp³-hybridized carbons (Fsp3) is 0. The largest absolute Gasteiger partial charge is 0.290 e. The van der Waals surface area contributed by atoms with E-state index >= 15 is 0 Å². The van der Waals surface area contributed by atoms with Gasteiger partial charge in [0, 0.05) is 0 Å². The van der Waals surface area contributed by atoms with Gasteiger partial charge in [-0.2, -0.15) is 0 Å². The van der Waals surface area contributed by atoms with Crippen molar-refractivity contribution in [3.63, 3.8) is 0 Å². The lowest BCUT2D eigenvalue weighted by Gasteiger charge is -1.82. The Kier molecular flexibility index (Phi) is 8.46. The number of carbonyl (C=O) groups is 2. The Morgan fingerprint density at radius 3 is 1.50 bits per heavy atom. The molecule has 2 nitrogen and oxygen atoms in total. The van der Waals surface area contributed by atoms with Gasteiger partial charge in [-0.3, -0.25) is 9.59 Å². The molecule has 0 aromatic heterocycles. The van der Waals surface area contributed by atoms with E-state index in [0.29, 0.717) is 0 Å². The van der Waals surface area contributed by atoms with Crippen LogP contribution in [0.3, 0.4) is 0 Å². The molecule has 0 saturated heterocycles. The molecular weight excluding hydrogens is 184 g/mol. The molecule has 0 aliphatic rings. The lowest BCUT2D eigenvalue weighted by Crippen LogP contribution is -1.47. The van der Waals surface area contributed by atoms with Gasteiger partial charge in [0.1, 0.15) is 0 Å². The zero-order valence-corrected chi connectivity index (χ0v) is 6.87. The molecule has 6 heteroatoms. The summed E-state index contributed by atoms with van der Waals surface area (Å²) >= 11 is 0. The summed E-state index contributed by atoms with van der Waals surface area (Å²) in [4.78, 5) is 19.2. The van der Waals surface area contributed by atoms with Gasteiger partial charge in [-0.1, -0.05) is 0 Å². The van der Waals surface area contributed by atoms with Gasteiger partial charge in [0.15, 0.2) is 11.2 Å². The minimum absolute atomic E-state index is 0.725. The van der Waals surface area contributed by atoms with Crippen molar-refractivity contribution in [1.82, 2.24) is 0 Å². The first-order valence-electron chi connectivity index (χ1n) is 1.44. The highest BCUT2D eigenvalue weighted by atomic mass is 33.7. The van der Waals surface area contributed by atoms with Gasteiger partial charge in [0.25, 0.3) is 0 Å². The Morgan fingerprint density at radius 1 is 0.875 bits per heavy atom. The maximum Gasteiger partial charge on any atom is 0.187 e. The summed E-state index contributed by atoms with van der Waals surface area (Å²) < 4.78 is 0. The lowest BCUT2D eigenvalue weighted by atomic mass is 11.8. The van der Waals surface area contributed by atoms with Crippen LogP contribution in [0.15, 0.2) is 0 Å². The first-order chi connectivity index (χ1) is 3.91. The van der Waals surface area contributed by atoms with Crippen molar-refractivity contribution in [2.24, 2.45) is 0 Å². The molecule has 0 heterocycles. The summed E-state index contributed by atoms with van der Waals surface area (Å²) in [5.41, 5.74) is 1.45. The lowest BCUT2D eigenvalue weighted by molar-refractivity contribution is 0.569. The maximum atomic E-state index is 9.60. The number of carbonyl (C=O) groups excluding carboxylic acids is 2. The standard InChI is InChI=1S/C2H2O2S4/c3-1-5-7-8-6-2-4/h1-2H. The highest BCUT2D eigenvalue weighted by Crippen LogP contribution is 2.40. The minimum Gasteiger partial charge on any atom is -0.290 e. The molecule has 0 bridgehead atoms. The van der Waals surface area contributed by atoms with Crippen molar-refractivity contribution < 1.29 is 9.59 Å². The molecule has 0 radical (unpaired) electrons. The van der Waals surface area contributed by atoms with Crippen LogP contribution in [0.5, 0.6) is 0 Å². The van der Waals surface area contributed by atoms with E-state index in [4.69, 9.17) is 0 Å². The molecule has 0 spiro atoms. The van der Waals surface area contributed by atoms with Crippen molar-refractivity contribution in [1.29, 1.82) is 0 Å². The van der Waals surface area contributed by atoms with E-state index in [1.807, 2.05) is 0 Å². The second-order valence-electron chi connectivity index (χ2n) is 0.521. The van der Waals surface area contributed by atoms with Crippen molar-refractivity contribution >= 4 is 52.5 Å². The topological polar surface area (TPSA) is 34.1 Å². The fourth-order valence-electron chi connectivity index (χ4n) is 0.0642. The SMILES string of the molecule is O=CSSSSC=O. The first kappa shape index (κ1) is 8.74. The van der Waals surface area contributed by atoms with Gasteiger partial charge in [0.05, 0.1) is 0 Å². The highest BCUT2D eigenvalue weighted by molar-refractivity contribution is 9.28. The van der Waals surface area contributed by atoms with Crippen LogP contribution in [-0.4, -0.2) is 11.2 Å². The zero-order valence-electron chi connectivity index (χ0n) is 3.60. The van der Waals surface area contributed by atoms with Crippen molar-refractivity contribution in [2.75, 3.05) is 0 Å². The van der Waals surface area contributed by atoms with Gasteiger partial charge in [0.2, 0.25) is 0 Å². The summed E-state index contributed by atoms with van der Waals surface area (Å²) in [7, 11) is 4.68. The van der Waals surface area contributed by atoms with Crippen molar-refractivity contribution in [3.8, 4) is 0 Å². The number of rotatable bonds is 5. The monoisotopic (exact) mass is 186 g/mol. The Hall–Kier alpha value is 0.740. The molecule has 8 heavy (non-hydrogen) atoms. The van der Waals surface area contributed by atoms with Crippen LogP contribution < -0.4 is 0 Å². The summed E-state index contributed by atoms with van der Waals surface area (Å²) in [5.74, 6) is 0. The average Bonchev–Trinajstić information content (AvgIpc) is 1.81. The molecule has 0 amide bonds. The van der Waals surface area contributed by atoms with Gasteiger partial charge in [-0.25, -0.2) is 0 Å². The fourth-order valence-corrected chi connectivity index (χ4v) is 3.46. The van der Waals surface area contributed by atoms with Crippen LogP contribution in [0, 0.1) is 0 Å². The Bertz CT molecular complexity index is 64.4. The predicted octanol–water partition coefficient (Wildman–Crippen LogP) is 2.04. The van der Waals surface area contributed by atoms with Crippen molar-refractivity contribution in [2.45, 2.75) is 0 Å². The van der Waals surface area contributed by atoms with Crippen LogP contribution >= 0.6 is 41.2 Å². The van der Waals surface area contributed by atoms with Gasteiger partial charge in [-0.15, -0.1) is 0 Å². The molecule has 0 saturated carbocycles. The normalized spacial score (nSPS) is 8.50. The third-order valence-corrected chi connectivity index (χ3v) is 5.08. The Balaban J connectivity index is 2.71. The molecule has 0 unspecified atom stereocenters. The highest BCUT2D eigenvalue weighted by Gasteiger charge is 1.86. The zero-order chi connectivity index (χ0) is 6.24. The maximum absolute atomic E-state index is 9.60. The molecule has 0 rings (SSSR count). The predicted molar refractivity (Wildman–Crippen MR) is 43.9 cm³/mol. The Labute approximate surface area is 62.1 Å². The van der Waals surface area contributed by atoms with Crippen LogP contribution in [0.25, 0.3) is 0 Å². The molecule has 0 fully saturated rings. The quantitative estimate of drug-likeness (QED) is 0.371. The van der Waals surface area contributed by atoms with Gasteiger partial charge < -0.3 is 0 Å². The second-order valence-corrected chi connectivity index (χ2v) is 5.98. The molecule has 46 valence electrons. The van der Waals surface area contributed by atoms with Gasteiger partial charge >= 0.3 is 0 Å². The first-order valence-corrected chi connectivity index (χ1v) is 6.39. The molecule has 0 aliphatic heterocycles. The van der Waals surface area contributed by atoms with E-state index in [-0.39, 0.29) is 0 Å². The molecular formula is C2H2O2S4. The van der Waals surface area contributed by atoms with E-state index in [9.17, 15) is 9.59 Å². The average molecular weight is 186 g/mol. The number of hydrogen-bond donors (Lipinski definition) is 0.